The van der Waals surface area contributed by atoms with Gasteiger partial charge in [-0.3, -0.25) is 0 Å². The molecular weight excluding hydrogens is 294 g/mol. The number of anilines is 1. The van der Waals surface area contributed by atoms with Crippen LogP contribution in [-0.2, 0) is 0 Å². The number of nitrogens with two attached hydrogens (primary N) is 1. The van der Waals surface area contributed by atoms with Crippen LogP contribution in [0.2, 0.25) is 0 Å². The Morgan fingerprint density at radius 1 is 1.44 bits per heavy atom. The highest BCUT2D eigenvalue weighted by Crippen LogP contribution is 2.24. The van der Waals surface area contributed by atoms with Gasteiger partial charge in [-0.1, -0.05) is 40.9 Å². The van der Waals surface area contributed by atoms with Crippen LogP contribution in [0.3, 0.4) is 0 Å². The van der Waals surface area contributed by atoms with Gasteiger partial charge in [-0.25, -0.2) is 0 Å². The third-order valence-electron chi connectivity index (χ3n) is 2.85. The van der Waals surface area contributed by atoms with Crippen molar-refractivity contribution < 1.29 is 5.21 Å². The van der Waals surface area contributed by atoms with Crippen LogP contribution in [-0.4, -0.2) is 24.6 Å². The Labute approximate surface area is 117 Å². The summed E-state index contributed by atoms with van der Waals surface area (Å²) in [7, 11) is 2.02. The highest BCUT2D eigenvalue weighted by molar-refractivity contribution is 9.10. The van der Waals surface area contributed by atoms with E-state index in [1.165, 1.54) is 12.8 Å². The maximum Gasteiger partial charge on any atom is 0.172 e. The van der Waals surface area contributed by atoms with Gasteiger partial charge in [-0.15, -0.1) is 0 Å². The summed E-state index contributed by atoms with van der Waals surface area (Å²) < 4.78 is 0.912. The summed E-state index contributed by atoms with van der Waals surface area (Å²) in [6, 6.07) is 5.80. The van der Waals surface area contributed by atoms with Gasteiger partial charge in [0.05, 0.1) is 0 Å². The molecule has 5 heteroatoms. The Morgan fingerprint density at radius 2 is 2.17 bits per heavy atom. The van der Waals surface area contributed by atoms with E-state index >= 15 is 0 Å². The summed E-state index contributed by atoms with van der Waals surface area (Å²) in [6.45, 7) is 3.14. The van der Waals surface area contributed by atoms with Crippen LogP contribution in [0.25, 0.3) is 0 Å². The normalized spacial score (nSPS) is 11.6. The second-order valence-electron chi connectivity index (χ2n) is 4.28. The second-order valence-corrected chi connectivity index (χ2v) is 5.19. The van der Waals surface area contributed by atoms with E-state index in [1.807, 2.05) is 25.2 Å². The Kier molecular flexibility index (Phi) is 5.98. The quantitative estimate of drug-likeness (QED) is 0.279. The number of unbranched alkanes of at least 4 members (excludes halogenated alkanes) is 2. The fourth-order valence-electron chi connectivity index (χ4n) is 1.82. The molecule has 0 aliphatic rings. The molecule has 0 spiro atoms. The molecule has 0 amide bonds. The Morgan fingerprint density at radius 3 is 2.78 bits per heavy atom. The summed E-state index contributed by atoms with van der Waals surface area (Å²) in [5.41, 5.74) is 7.43. The zero-order valence-electron chi connectivity index (χ0n) is 10.9. The molecule has 0 aliphatic heterocycles. The van der Waals surface area contributed by atoms with Gasteiger partial charge in [-0.05, 0) is 24.6 Å². The lowest BCUT2D eigenvalue weighted by Crippen LogP contribution is -2.23. The van der Waals surface area contributed by atoms with Crippen LogP contribution < -0.4 is 10.6 Å². The van der Waals surface area contributed by atoms with Crippen molar-refractivity contribution in [3.8, 4) is 0 Å². The molecule has 3 N–H and O–H groups in total. The molecule has 0 radical (unpaired) electrons. The van der Waals surface area contributed by atoms with Gasteiger partial charge in [0.15, 0.2) is 5.84 Å². The first kappa shape index (κ1) is 14.8. The van der Waals surface area contributed by atoms with E-state index < -0.39 is 0 Å². The van der Waals surface area contributed by atoms with Crippen molar-refractivity contribution in [2.75, 3.05) is 18.5 Å². The predicted molar refractivity (Wildman–Crippen MR) is 79.4 cm³/mol. The Bertz CT molecular complexity index is 421. The van der Waals surface area contributed by atoms with Gasteiger partial charge in [0.2, 0.25) is 0 Å². The van der Waals surface area contributed by atoms with E-state index in [1.54, 1.807) is 0 Å². The van der Waals surface area contributed by atoms with Gasteiger partial charge in [0.1, 0.15) is 0 Å². The molecule has 100 valence electrons. The number of oxime groups is 1. The molecule has 0 fully saturated rings. The van der Waals surface area contributed by atoms with Crippen LogP contribution in [0.15, 0.2) is 27.8 Å². The lowest BCUT2D eigenvalue weighted by Gasteiger charge is -2.22. The molecule has 0 bridgehead atoms. The summed E-state index contributed by atoms with van der Waals surface area (Å²) in [5, 5.41) is 11.9. The fraction of sp³-hybridized carbons (Fsp3) is 0.462. The van der Waals surface area contributed by atoms with E-state index in [4.69, 9.17) is 10.9 Å². The number of rotatable bonds is 6. The SMILES string of the molecule is CCCCCN(C)c1ccc(Br)cc1/C(N)=N/O. The molecule has 1 aromatic carbocycles. The standard InChI is InChI=1S/C13H20BrN3O/c1-3-4-5-8-17(2)12-7-6-10(14)9-11(12)13(15)16-18/h6-7,9,18H,3-5,8H2,1-2H3,(H2,15,16). The number of nitrogens with zero attached hydrogens (tertiary/aromatic N) is 2. The molecule has 1 rings (SSSR count). The van der Waals surface area contributed by atoms with Gasteiger partial charge in [-0.2, -0.15) is 0 Å². The van der Waals surface area contributed by atoms with Crippen molar-refractivity contribution in [1.29, 1.82) is 0 Å². The lowest BCUT2D eigenvalue weighted by molar-refractivity contribution is 0.318. The zero-order chi connectivity index (χ0) is 13.5. The van der Waals surface area contributed by atoms with Crippen LogP contribution >= 0.6 is 15.9 Å². The van der Waals surface area contributed by atoms with Crippen LogP contribution in [0.4, 0.5) is 5.69 Å². The van der Waals surface area contributed by atoms with Crippen LogP contribution in [0.1, 0.15) is 31.7 Å². The molecular formula is C13H20BrN3O. The molecule has 0 unspecified atom stereocenters. The van der Waals surface area contributed by atoms with Crippen molar-refractivity contribution in [2.45, 2.75) is 26.2 Å². The minimum atomic E-state index is 0.133. The van der Waals surface area contributed by atoms with E-state index in [0.29, 0.717) is 0 Å². The fourth-order valence-corrected chi connectivity index (χ4v) is 2.18. The number of hydrogen-bond acceptors (Lipinski definition) is 3. The van der Waals surface area contributed by atoms with Crippen molar-refractivity contribution in [1.82, 2.24) is 0 Å². The molecule has 0 saturated heterocycles. The molecule has 0 aromatic heterocycles. The van der Waals surface area contributed by atoms with Gasteiger partial charge in [0.25, 0.3) is 0 Å². The number of hydrogen-bond donors (Lipinski definition) is 2. The van der Waals surface area contributed by atoms with Crippen molar-refractivity contribution in [3.63, 3.8) is 0 Å². The van der Waals surface area contributed by atoms with Gasteiger partial charge >= 0.3 is 0 Å². The monoisotopic (exact) mass is 313 g/mol. The highest BCUT2D eigenvalue weighted by Gasteiger charge is 2.11. The first-order chi connectivity index (χ1) is 8.60. The number of amidine groups is 1. The lowest BCUT2D eigenvalue weighted by atomic mass is 10.1. The van der Waals surface area contributed by atoms with Crippen molar-refractivity contribution >= 4 is 27.5 Å². The first-order valence-corrected chi connectivity index (χ1v) is 6.88. The minimum Gasteiger partial charge on any atom is -0.409 e. The summed E-state index contributed by atoms with van der Waals surface area (Å²) in [6.07, 6.45) is 3.54. The summed E-state index contributed by atoms with van der Waals surface area (Å²) in [5.74, 6) is 0.133. The third kappa shape index (κ3) is 3.91. The van der Waals surface area contributed by atoms with E-state index in [0.717, 1.165) is 28.7 Å². The molecule has 4 nitrogen and oxygen atoms in total. The summed E-state index contributed by atoms with van der Waals surface area (Å²) >= 11 is 3.40. The van der Waals surface area contributed by atoms with Crippen LogP contribution in [0, 0.1) is 0 Å². The predicted octanol–water partition coefficient (Wildman–Crippen LogP) is 3.17. The largest absolute Gasteiger partial charge is 0.409 e. The van der Waals surface area contributed by atoms with Gasteiger partial charge < -0.3 is 15.8 Å². The smallest absolute Gasteiger partial charge is 0.172 e. The van der Waals surface area contributed by atoms with Gasteiger partial charge in [0, 0.05) is 29.3 Å². The highest BCUT2D eigenvalue weighted by atomic mass is 79.9. The molecule has 0 heterocycles. The Hall–Kier alpha value is -1.23. The maximum absolute atomic E-state index is 8.83. The zero-order valence-corrected chi connectivity index (χ0v) is 12.4. The first-order valence-electron chi connectivity index (χ1n) is 6.08. The molecule has 18 heavy (non-hydrogen) atoms. The topological polar surface area (TPSA) is 61.8 Å². The summed E-state index contributed by atoms with van der Waals surface area (Å²) in [4.78, 5) is 2.13. The van der Waals surface area contributed by atoms with E-state index in [-0.39, 0.29) is 5.84 Å². The average molecular weight is 314 g/mol. The van der Waals surface area contributed by atoms with Crippen molar-refractivity contribution in [2.24, 2.45) is 10.9 Å². The molecule has 0 atom stereocenters. The van der Waals surface area contributed by atoms with Crippen LogP contribution in [0.5, 0.6) is 0 Å². The molecule has 0 aliphatic carbocycles. The minimum absolute atomic E-state index is 0.133. The number of halogens is 1. The molecule has 1 aromatic rings. The Balaban J connectivity index is 2.93. The third-order valence-corrected chi connectivity index (χ3v) is 3.34. The van der Waals surface area contributed by atoms with E-state index in [9.17, 15) is 0 Å². The molecule has 0 saturated carbocycles. The van der Waals surface area contributed by atoms with Crippen molar-refractivity contribution in [3.05, 3.63) is 28.2 Å². The second kappa shape index (κ2) is 7.26. The average Bonchev–Trinajstić information content (AvgIpc) is 2.37. The maximum atomic E-state index is 8.83. The number of benzene rings is 1. The van der Waals surface area contributed by atoms with E-state index in [2.05, 4.69) is 32.9 Å².